The molecule has 2 aliphatic rings. The summed E-state index contributed by atoms with van der Waals surface area (Å²) < 4.78 is 29.2. The fourth-order valence-electron chi connectivity index (χ4n) is 3.14. The molecule has 12 heteroatoms. The Morgan fingerprint density at radius 1 is 1.14 bits per heavy atom. The highest BCUT2D eigenvalue weighted by atomic mass is 32.2. The van der Waals surface area contributed by atoms with Crippen LogP contribution >= 0.6 is 0 Å². The van der Waals surface area contributed by atoms with Crippen molar-refractivity contribution in [3.63, 3.8) is 0 Å². The monoisotopic (exact) mass is 414 g/mol. The number of hydrogen-bond donors (Lipinski definition) is 1. The Morgan fingerprint density at radius 3 is 2.43 bits per heavy atom. The van der Waals surface area contributed by atoms with Gasteiger partial charge in [0.15, 0.2) is 9.84 Å². The van der Waals surface area contributed by atoms with Crippen molar-refractivity contribution < 1.29 is 18.1 Å². The van der Waals surface area contributed by atoms with E-state index < -0.39 is 14.8 Å². The fraction of sp³-hybridized carbons (Fsp3) is 0.750. The van der Waals surface area contributed by atoms with Crippen molar-refractivity contribution in [3.8, 4) is 5.88 Å². The lowest BCUT2D eigenvalue weighted by molar-refractivity contribution is -0.385. The number of rotatable bonds is 7. The normalized spacial score (nSPS) is 19.5. The van der Waals surface area contributed by atoms with Gasteiger partial charge >= 0.3 is 11.6 Å². The zero-order valence-electron chi connectivity index (χ0n) is 16.0. The van der Waals surface area contributed by atoms with Crippen molar-refractivity contribution >= 4 is 27.3 Å². The van der Waals surface area contributed by atoms with Crippen LogP contribution in [0.15, 0.2) is 0 Å². The molecular weight excluding hydrogens is 388 g/mol. The van der Waals surface area contributed by atoms with E-state index >= 15 is 0 Å². The second kappa shape index (κ2) is 8.86. The Labute approximate surface area is 164 Å². The van der Waals surface area contributed by atoms with Gasteiger partial charge in [-0.25, -0.2) is 8.42 Å². The molecule has 0 aliphatic carbocycles. The first-order valence-corrected chi connectivity index (χ1v) is 11.3. The molecule has 1 N–H and O–H groups in total. The van der Waals surface area contributed by atoms with E-state index in [0.29, 0.717) is 25.6 Å². The van der Waals surface area contributed by atoms with Gasteiger partial charge in [-0.3, -0.25) is 10.1 Å². The number of piperazine rings is 1. The van der Waals surface area contributed by atoms with Crippen LogP contribution in [-0.4, -0.2) is 80.7 Å². The molecule has 2 aliphatic heterocycles. The fourth-order valence-corrected chi connectivity index (χ4v) is 4.34. The lowest BCUT2D eigenvalue weighted by atomic mass is 10.3. The molecule has 0 radical (unpaired) electrons. The summed E-state index contributed by atoms with van der Waals surface area (Å²) in [5.41, 5.74) is -0.297. The number of nitrogens with one attached hydrogen (secondary N) is 1. The van der Waals surface area contributed by atoms with Gasteiger partial charge < -0.3 is 19.9 Å². The topological polar surface area (TPSA) is 131 Å². The first-order chi connectivity index (χ1) is 13.4. The number of ether oxygens (including phenoxy) is 1. The third kappa shape index (κ3) is 4.79. The van der Waals surface area contributed by atoms with Crippen molar-refractivity contribution in [1.29, 1.82) is 0 Å². The van der Waals surface area contributed by atoms with E-state index in [2.05, 4.69) is 15.3 Å². The van der Waals surface area contributed by atoms with Crippen molar-refractivity contribution in [1.82, 2.24) is 15.3 Å². The van der Waals surface area contributed by atoms with Crippen molar-refractivity contribution in [2.75, 3.05) is 67.2 Å². The average molecular weight is 414 g/mol. The van der Waals surface area contributed by atoms with Gasteiger partial charge in [-0.15, -0.1) is 0 Å². The minimum atomic E-state index is -3.12. The lowest BCUT2D eigenvalue weighted by Gasteiger charge is -2.30. The van der Waals surface area contributed by atoms with E-state index in [1.165, 1.54) is 0 Å². The zero-order valence-corrected chi connectivity index (χ0v) is 16.8. The average Bonchev–Trinajstić information content (AvgIpc) is 2.68. The molecule has 11 nitrogen and oxygen atoms in total. The molecule has 156 valence electrons. The van der Waals surface area contributed by atoms with E-state index in [1.54, 1.807) is 4.90 Å². The van der Waals surface area contributed by atoms with Crippen molar-refractivity contribution in [3.05, 3.63) is 10.1 Å². The first-order valence-electron chi connectivity index (χ1n) is 9.51. The van der Waals surface area contributed by atoms with Crippen molar-refractivity contribution in [2.24, 2.45) is 0 Å². The smallest absolute Gasteiger partial charge is 0.373 e. The SMILES string of the molecule is CCCCOc1nc(N2CCNCC2)nc(N2CCS(=O)(=O)CC2)c1[N+](=O)[O-]. The zero-order chi connectivity index (χ0) is 20.1. The molecule has 0 saturated carbocycles. The Bertz CT molecular complexity index is 798. The number of unbranched alkanes of at least 4 members (excludes halogenated alkanes) is 1. The van der Waals surface area contributed by atoms with Crippen LogP contribution in [0.2, 0.25) is 0 Å². The van der Waals surface area contributed by atoms with E-state index in [-0.39, 0.29) is 42.0 Å². The van der Waals surface area contributed by atoms with Crippen LogP contribution in [0.25, 0.3) is 0 Å². The molecule has 3 heterocycles. The van der Waals surface area contributed by atoms with Crippen LogP contribution in [-0.2, 0) is 9.84 Å². The van der Waals surface area contributed by atoms with Gasteiger partial charge in [0, 0.05) is 39.3 Å². The van der Waals surface area contributed by atoms with E-state index in [1.807, 2.05) is 11.8 Å². The number of sulfone groups is 1. The standard InChI is InChI=1S/C16H26N6O5S/c1-2-3-10-27-15-13(22(23)24)14(20-8-11-28(25,26)12-9-20)18-16(19-15)21-6-4-17-5-7-21/h17H,2-12H2,1H3. The molecule has 1 aromatic heterocycles. The number of aromatic nitrogens is 2. The van der Waals surface area contributed by atoms with Crippen LogP contribution in [0.5, 0.6) is 5.88 Å². The number of nitrogens with zero attached hydrogens (tertiary/aromatic N) is 5. The maximum Gasteiger partial charge on any atom is 0.373 e. The molecule has 3 rings (SSSR count). The highest BCUT2D eigenvalue weighted by Gasteiger charge is 2.34. The molecule has 0 unspecified atom stereocenters. The summed E-state index contributed by atoms with van der Waals surface area (Å²) in [6, 6.07) is 0. The molecule has 2 fully saturated rings. The van der Waals surface area contributed by atoms with Gasteiger partial charge in [0.1, 0.15) is 0 Å². The van der Waals surface area contributed by atoms with Crippen LogP contribution < -0.4 is 19.9 Å². The van der Waals surface area contributed by atoms with Gasteiger partial charge in [0.25, 0.3) is 0 Å². The number of hydrogen-bond acceptors (Lipinski definition) is 10. The van der Waals surface area contributed by atoms with Gasteiger partial charge in [-0.2, -0.15) is 9.97 Å². The maximum absolute atomic E-state index is 11.8. The molecule has 28 heavy (non-hydrogen) atoms. The molecule has 0 spiro atoms. The Balaban J connectivity index is 2.00. The first kappa shape index (κ1) is 20.5. The summed E-state index contributed by atoms with van der Waals surface area (Å²) in [7, 11) is -3.12. The van der Waals surface area contributed by atoms with Gasteiger partial charge in [0.05, 0.1) is 23.0 Å². The second-order valence-electron chi connectivity index (χ2n) is 6.84. The predicted octanol–water partition coefficient (Wildman–Crippen LogP) is 0.208. The van der Waals surface area contributed by atoms with Gasteiger partial charge in [-0.05, 0) is 6.42 Å². The highest BCUT2D eigenvalue weighted by molar-refractivity contribution is 7.91. The second-order valence-corrected chi connectivity index (χ2v) is 9.14. The lowest BCUT2D eigenvalue weighted by Crippen LogP contribution is -2.45. The summed E-state index contributed by atoms with van der Waals surface area (Å²) >= 11 is 0. The van der Waals surface area contributed by atoms with E-state index in [9.17, 15) is 18.5 Å². The van der Waals surface area contributed by atoms with Gasteiger partial charge in [0.2, 0.25) is 11.8 Å². The third-order valence-electron chi connectivity index (χ3n) is 4.78. The summed E-state index contributed by atoms with van der Waals surface area (Å²) in [5.74, 6) is 0.356. The molecular formula is C16H26N6O5S. The molecule has 0 aromatic carbocycles. The Kier molecular flexibility index (Phi) is 6.50. The summed E-state index contributed by atoms with van der Waals surface area (Å²) in [4.78, 5) is 23.7. The minimum absolute atomic E-state index is 0.0505. The van der Waals surface area contributed by atoms with Crippen molar-refractivity contribution in [2.45, 2.75) is 19.8 Å². The predicted molar refractivity (Wildman–Crippen MR) is 105 cm³/mol. The molecule has 1 aromatic rings. The minimum Gasteiger partial charge on any atom is -0.473 e. The van der Waals surface area contributed by atoms with E-state index in [4.69, 9.17) is 4.74 Å². The van der Waals surface area contributed by atoms with Crippen LogP contribution in [0.3, 0.4) is 0 Å². The Morgan fingerprint density at radius 2 is 1.82 bits per heavy atom. The molecule has 0 bridgehead atoms. The molecule has 0 atom stereocenters. The van der Waals surface area contributed by atoms with Crippen LogP contribution in [0.1, 0.15) is 19.8 Å². The third-order valence-corrected chi connectivity index (χ3v) is 6.39. The maximum atomic E-state index is 11.8. The number of anilines is 2. The summed E-state index contributed by atoms with van der Waals surface area (Å²) in [6.45, 7) is 5.55. The summed E-state index contributed by atoms with van der Waals surface area (Å²) in [6.07, 6.45) is 1.64. The quantitative estimate of drug-likeness (QED) is 0.375. The Hall–Kier alpha value is -2.21. The van der Waals surface area contributed by atoms with Gasteiger partial charge in [-0.1, -0.05) is 13.3 Å². The molecule has 0 amide bonds. The van der Waals surface area contributed by atoms with Crippen LogP contribution in [0, 0.1) is 10.1 Å². The largest absolute Gasteiger partial charge is 0.473 e. The summed E-state index contributed by atoms with van der Waals surface area (Å²) in [5, 5.41) is 15.1. The molecule has 2 saturated heterocycles. The van der Waals surface area contributed by atoms with E-state index in [0.717, 1.165) is 25.9 Å². The number of nitro groups is 1. The highest BCUT2D eigenvalue weighted by Crippen LogP contribution is 2.37. The van der Waals surface area contributed by atoms with Crippen LogP contribution in [0.4, 0.5) is 17.5 Å².